The highest BCUT2D eigenvalue weighted by atomic mass is 32.1. The zero-order valence-corrected chi connectivity index (χ0v) is 16.0. The molecular weight excluding hydrogens is 358 g/mol. The molecule has 0 aromatic heterocycles. The molecule has 27 heavy (non-hydrogen) atoms. The number of oxime groups is 1. The summed E-state index contributed by atoms with van der Waals surface area (Å²) >= 11 is 4.29. The minimum Gasteiger partial charge on any atom is -0.497 e. The van der Waals surface area contributed by atoms with E-state index < -0.39 is 0 Å². The molecule has 0 unspecified atom stereocenters. The predicted octanol–water partition coefficient (Wildman–Crippen LogP) is 4.81. The maximum absolute atomic E-state index is 12.0. The summed E-state index contributed by atoms with van der Waals surface area (Å²) in [5.74, 6) is 0.417. The van der Waals surface area contributed by atoms with Gasteiger partial charge in [0.15, 0.2) is 0 Å². The fraction of sp³-hybridized carbons (Fsp3) is 0.182. The van der Waals surface area contributed by atoms with Crippen molar-refractivity contribution in [2.45, 2.75) is 19.3 Å². The topological polar surface area (TPSA) is 47.9 Å². The van der Waals surface area contributed by atoms with Gasteiger partial charge in [-0.3, -0.25) is 0 Å². The third-order valence-corrected chi connectivity index (χ3v) is 4.49. The van der Waals surface area contributed by atoms with Crippen molar-refractivity contribution in [2.75, 3.05) is 7.11 Å². The monoisotopic (exact) mass is 379 g/mol. The number of aryl methyl sites for hydroxylation is 1. The number of hydrogen-bond acceptors (Lipinski definition) is 4. The molecule has 0 aliphatic rings. The Labute approximate surface area is 164 Å². The molecule has 0 saturated heterocycles. The Kier molecular flexibility index (Phi) is 6.49. The van der Waals surface area contributed by atoms with Crippen LogP contribution in [-0.4, -0.2) is 18.1 Å². The van der Waals surface area contributed by atoms with Gasteiger partial charge in [0.1, 0.15) is 10.8 Å². The van der Waals surface area contributed by atoms with Crippen molar-refractivity contribution in [1.29, 1.82) is 0 Å². The molecule has 0 amide bonds. The van der Waals surface area contributed by atoms with Gasteiger partial charge in [-0.25, -0.2) is 4.79 Å². The zero-order chi connectivity index (χ0) is 19.1. The fourth-order valence-electron chi connectivity index (χ4n) is 2.85. The van der Waals surface area contributed by atoms with Crippen molar-refractivity contribution in [3.63, 3.8) is 0 Å². The molecule has 0 aliphatic heterocycles. The number of nitrogens with zero attached hydrogens (tertiary/aromatic N) is 1. The van der Waals surface area contributed by atoms with E-state index in [-0.39, 0.29) is 12.4 Å². The number of rotatable bonds is 7. The number of ether oxygens (including phenoxy) is 1. The SMILES string of the molecule is COc1ccc(C/C(S)=N/OC(=O)CCc2cccc3ccccc23)cc1. The summed E-state index contributed by atoms with van der Waals surface area (Å²) in [4.78, 5) is 17.0. The van der Waals surface area contributed by atoms with Crippen LogP contribution >= 0.6 is 12.6 Å². The fourth-order valence-corrected chi connectivity index (χ4v) is 3.08. The summed E-state index contributed by atoms with van der Waals surface area (Å²) in [5.41, 5.74) is 2.13. The van der Waals surface area contributed by atoms with Gasteiger partial charge in [-0.05, 0) is 40.5 Å². The molecular formula is C22H21NO3S. The van der Waals surface area contributed by atoms with Crippen molar-refractivity contribution >= 4 is 34.4 Å². The van der Waals surface area contributed by atoms with Crippen LogP contribution in [0.5, 0.6) is 5.75 Å². The van der Waals surface area contributed by atoms with Crippen LogP contribution in [0.2, 0.25) is 0 Å². The van der Waals surface area contributed by atoms with Crippen LogP contribution < -0.4 is 4.74 Å². The number of hydrogen-bond donors (Lipinski definition) is 1. The van der Waals surface area contributed by atoms with E-state index in [2.05, 4.69) is 36.0 Å². The molecule has 0 N–H and O–H groups in total. The summed E-state index contributed by atoms with van der Waals surface area (Å²) < 4.78 is 5.12. The van der Waals surface area contributed by atoms with E-state index in [0.717, 1.165) is 22.3 Å². The van der Waals surface area contributed by atoms with Crippen molar-refractivity contribution < 1.29 is 14.4 Å². The molecule has 3 rings (SSSR count). The van der Waals surface area contributed by atoms with E-state index in [1.54, 1.807) is 7.11 Å². The molecule has 3 aromatic carbocycles. The molecule has 0 saturated carbocycles. The van der Waals surface area contributed by atoms with Gasteiger partial charge in [0.05, 0.1) is 13.5 Å². The average Bonchev–Trinajstić information content (AvgIpc) is 2.71. The first-order valence-corrected chi connectivity index (χ1v) is 9.15. The number of benzene rings is 3. The molecule has 0 heterocycles. The minimum absolute atomic E-state index is 0.265. The van der Waals surface area contributed by atoms with Crippen LogP contribution in [-0.2, 0) is 22.5 Å². The van der Waals surface area contributed by atoms with E-state index >= 15 is 0 Å². The number of methoxy groups -OCH3 is 1. The molecule has 0 spiro atoms. The summed E-state index contributed by atoms with van der Waals surface area (Å²) in [6, 6.07) is 21.8. The number of carbonyl (C=O) groups excluding carboxylic acids is 1. The second kappa shape index (κ2) is 9.24. The Morgan fingerprint density at radius 3 is 2.52 bits per heavy atom. The lowest BCUT2D eigenvalue weighted by molar-refractivity contribution is -0.143. The lowest BCUT2D eigenvalue weighted by Crippen LogP contribution is -2.04. The molecule has 5 heteroatoms. The van der Waals surface area contributed by atoms with Crippen LogP contribution in [0.4, 0.5) is 0 Å². The standard InChI is InChI=1S/C22H21NO3S/c1-25-19-12-9-16(10-13-19)15-21(27)23-26-22(24)14-11-18-7-4-6-17-5-2-3-8-20(17)18/h2-10,12-13H,11,14-15H2,1H3,(H,23,27). The van der Waals surface area contributed by atoms with Crippen molar-refractivity contribution in [2.24, 2.45) is 5.16 Å². The second-order valence-corrected chi connectivity index (χ2v) is 6.65. The Morgan fingerprint density at radius 2 is 1.74 bits per heavy atom. The molecule has 0 bridgehead atoms. The van der Waals surface area contributed by atoms with E-state index in [0.29, 0.717) is 17.9 Å². The normalized spacial score (nSPS) is 11.4. The van der Waals surface area contributed by atoms with E-state index in [4.69, 9.17) is 9.57 Å². The maximum Gasteiger partial charge on any atom is 0.335 e. The van der Waals surface area contributed by atoms with Crippen LogP contribution in [0.3, 0.4) is 0 Å². The van der Waals surface area contributed by atoms with Crippen LogP contribution in [0.25, 0.3) is 10.8 Å². The average molecular weight is 379 g/mol. The molecule has 3 aromatic rings. The van der Waals surface area contributed by atoms with Gasteiger partial charge in [-0.15, -0.1) is 12.6 Å². The van der Waals surface area contributed by atoms with Gasteiger partial charge in [0.2, 0.25) is 0 Å². The van der Waals surface area contributed by atoms with Crippen LogP contribution in [0, 0.1) is 0 Å². The Bertz CT molecular complexity index is 946. The highest BCUT2D eigenvalue weighted by molar-refractivity contribution is 7.97. The lowest BCUT2D eigenvalue weighted by atomic mass is 10.0. The van der Waals surface area contributed by atoms with Gasteiger partial charge in [0.25, 0.3) is 0 Å². The van der Waals surface area contributed by atoms with E-state index in [1.807, 2.05) is 48.5 Å². The summed E-state index contributed by atoms with van der Waals surface area (Å²) in [6.45, 7) is 0. The smallest absolute Gasteiger partial charge is 0.335 e. The minimum atomic E-state index is -0.371. The molecule has 4 nitrogen and oxygen atoms in total. The first kappa shape index (κ1) is 19.0. The summed E-state index contributed by atoms with van der Waals surface area (Å²) in [6.07, 6.45) is 1.36. The van der Waals surface area contributed by atoms with Crippen molar-refractivity contribution in [1.82, 2.24) is 0 Å². The van der Waals surface area contributed by atoms with Crippen LogP contribution in [0.1, 0.15) is 17.5 Å². The Balaban J connectivity index is 1.53. The molecule has 0 aliphatic carbocycles. The van der Waals surface area contributed by atoms with Crippen molar-refractivity contribution in [3.8, 4) is 5.75 Å². The lowest BCUT2D eigenvalue weighted by Gasteiger charge is -2.06. The van der Waals surface area contributed by atoms with Gasteiger partial charge < -0.3 is 9.57 Å². The Morgan fingerprint density at radius 1 is 1.00 bits per heavy atom. The maximum atomic E-state index is 12.0. The summed E-state index contributed by atoms with van der Waals surface area (Å²) in [5, 5.41) is 6.60. The number of carbonyl (C=O) groups is 1. The molecule has 138 valence electrons. The number of thiol groups is 1. The molecule has 0 radical (unpaired) electrons. The Hall–Kier alpha value is -2.79. The van der Waals surface area contributed by atoms with E-state index in [1.165, 1.54) is 5.39 Å². The number of fused-ring (bicyclic) bond motifs is 1. The third-order valence-electron chi connectivity index (χ3n) is 4.25. The third kappa shape index (κ3) is 5.34. The quantitative estimate of drug-likeness (QED) is 0.211. The second-order valence-electron chi connectivity index (χ2n) is 6.13. The first-order chi connectivity index (χ1) is 13.2. The van der Waals surface area contributed by atoms with Crippen LogP contribution in [0.15, 0.2) is 71.9 Å². The molecule has 0 atom stereocenters. The zero-order valence-electron chi connectivity index (χ0n) is 15.1. The largest absolute Gasteiger partial charge is 0.497 e. The molecule has 0 fully saturated rings. The van der Waals surface area contributed by atoms with Gasteiger partial charge in [0, 0.05) is 6.42 Å². The predicted molar refractivity (Wildman–Crippen MR) is 111 cm³/mol. The van der Waals surface area contributed by atoms with Gasteiger partial charge in [-0.1, -0.05) is 59.8 Å². The van der Waals surface area contributed by atoms with Crippen molar-refractivity contribution in [3.05, 3.63) is 77.9 Å². The summed E-state index contributed by atoms with van der Waals surface area (Å²) in [7, 11) is 1.62. The van der Waals surface area contributed by atoms with Gasteiger partial charge >= 0.3 is 5.97 Å². The first-order valence-electron chi connectivity index (χ1n) is 8.71. The highest BCUT2D eigenvalue weighted by Gasteiger charge is 2.07. The van der Waals surface area contributed by atoms with Gasteiger partial charge in [-0.2, -0.15) is 0 Å². The van der Waals surface area contributed by atoms with E-state index in [9.17, 15) is 4.79 Å². The highest BCUT2D eigenvalue weighted by Crippen LogP contribution is 2.20.